The van der Waals surface area contributed by atoms with Gasteiger partial charge in [0.1, 0.15) is 5.76 Å². The van der Waals surface area contributed by atoms with E-state index < -0.39 is 47.6 Å². The van der Waals surface area contributed by atoms with Gasteiger partial charge in [0.2, 0.25) is 6.10 Å². The second-order valence-corrected chi connectivity index (χ2v) is 10.7. The Morgan fingerprint density at radius 3 is 2.67 bits per heavy atom. The summed E-state index contributed by atoms with van der Waals surface area (Å²) in [6.45, 7) is 0. The molecule has 4 aliphatic rings. The predicted octanol–water partition coefficient (Wildman–Crippen LogP) is 3.76. The molecular formula is C30H30O9. The summed E-state index contributed by atoms with van der Waals surface area (Å²) < 4.78 is 23.5. The van der Waals surface area contributed by atoms with Crippen molar-refractivity contribution in [3.63, 3.8) is 0 Å². The third kappa shape index (κ3) is 3.82. The Bertz CT molecular complexity index is 1370. The molecule has 0 unspecified atom stereocenters. The molecule has 2 N–H and O–H groups in total. The maximum Gasteiger partial charge on any atom is 0.357 e. The SMILES string of the molecule is COc1ccc2c3c1O[C@H]1C(OC(=O)[C@@H](OC(=O)CCC(=O)O)c4ccccc4)=CC[C@@]4(O)[C@H](CCC[C@]314)C2. The molecule has 9 heteroatoms. The molecule has 1 spiro atoms. The van der Waals surface area contributed by atoms with Gasteiger partial charge in [-0.05, 0) is 49.3 Å². The molecule has 204 valence electrons. The largest absolute Gasteiger partial charge is 0.493 e. The van der Waals surface area contributed by atoms with Crippen LogP contribution >= 0.6 is 0 Å². The fraction of sp³-hybridized carbons (Fsp3) is 0.433. The highest BCUT2D eigenvalue weighted by atomic mass is 16.6. The quantitative estimate of drug-likeness (QED) is 0.487. The van der Waals surface area contributed by atoms with E-state index in [0.29, 0.717) is 29.9 Å². The zero-order valence-corrected chi connectivity index (χ0v) is 21.6. The molecule has 0 aromatic heterocycles. The average Bonchev–Trinajstić information content (AvgIpc) is 3.27. The van der Waals surface area contributed by atoms with Gasteiger partial charge in [-0.25, -0.2) is 4.79 Å². The van der Waals surface area contributed by atoms with Crippen LogP contribution in [0.1, 0.15) is 61.3 Å². The van der Waals surface area contributed by atoms with Crippen molar-refractivity contribution < 1.29 is 43.5 Å². The van der Waals surface area contributed by atoms with Crippen LogP contribution in [0.3, 0.4) is 0 Å². The number of carbonyl (C=O) groups is 3. The number of esters is 2. The highest BCUT2D eigenvalue weighted by Gasteiger charge is 2.71. The van der Waals surface area contributed by atoms with Gasteiger partial charge in [0.05, 0.1) is 31.0 Å². The van der Waals surface area contributed by atoms with E-state index >= 15 is 0 Å². The Morgan fingerprint density at radius 2 is 1.92 bits per heavy atom. The van der Waals surface area contributed by atoms with Crippen LogP contribution in [0.4, 0.5) is 0 Å². The highest BCUT2D eigenvalue weighted by Crippen LogP contribution is 2.67. The average molecular weight is 535 g/mol. The molecule has 1 saturated carbocycles. The van der Waals surface area contributed by atoms with Crippen LogP contribution in [0.15, 0.2) is 54.3 Å². The van der Waals surface area contributed by atoms with Gasteiger partial charge in [-0.1, -0.05) is 42.8 Å². The number of carboxylic acids is 1. The first-order valence-corrected chi connectivity index (χ1v) is 13.3. The monoisotopic (exact) mass is 534 g/mol. The molecule has 3 aliphatic carbocycles. The molecule has 0 amide bonds. The standard InChI is InChI=1S/C30H30O9/c1-36-20-10-9-18-16-19-8-5-14-29-24(18)26(20)39-27(29)21(13-15-30(19,29)35)37-28(34)25(17-6-3-2-4-7-17)38-23(33)12-11-22(31)32/h2-4,6-7,9-10,13,19,25,27,35H,5,8,11-12,14-16H2,1H3,(H,31,32)/t19-,25+,27+,29+,30-/m1/s1. The van der Waals surface area contributed by atoms with Crippen molar-refractivity contribution in [2.75, 3.05) is 7.11 Å². The zero-order valence-electron chi connectivity index (χ0n) is 21.6. The molecular weight excluding hydrogens is 504 g/mol. The number of hydrogen-bond donors (Lipinski definition) is 2. The fourth-order valence-electron chi connectivity index (χ4n) is 7.13. The lowest BCUT2D eigenvalue weighted by atomic mass is 9.47. The molecule has 9 nitrogen and oxygen atoms in total. The van der Waals surface area contributed by atoms with Crippen molar-refractivity contribution in [1.82, 2.24) is 0 Å². The van der Waals surface area contributed by atoms with Gasteiger partial charge in [0.25, 0.3) is 0 Å². The van der Waals surface area contributed by atoms with E-state index in [0.717, 1.165) is 30.4 Å². The predicted molar refractivity (Wildman–Crippen MR) is 136 cm³/mol. The van der Waals surface area contributed by atoms with E-state index in [1.807, 2.05) is 12.1 Å². The lowest BCUT2D eigenvalue weighted by molar-refractivity contribution is -0.173. The lowest BCUT2D eigenvalue weighted by Crippen LogP contribution is -2.67. The van der Waals surface area contributed by atoms with E-state index in [1.54, 1.807) is 43.5 Å². The second kappa shape index (κ2) is 9.41. The second-order valence-electron chi connectivity index (χ2n) is 10.7. The normalized spacial score (nSPS) is 28.3. The van der Waals surface area contributed by atoms with Crippen LogP contribution < -0.4 is 9.47 Å². The fourth-order valence-corrected chi connectivity index (χ4v) is 7.13. The van der Waals surface area contributed by atoms with Gasteiger partial charge in [-0.15, -0.1) is 0 Å². The molecule has 0 saturated heterocycles. The molecule has 1 fully saturated rings. The minimum Gasteiger partial charge on any atom is -0.493 e. The Hall–Kier alpha value is -3.85. The summed E-state index contributed by atoms with van der Waals surface area (Å²) >= 11 is 0. The van der Waals surface area contributed by atoms with Crippen molar-refractivity contribution in [3.8, 4) is 11.5 Å². The highest BCUT2D eigenvalue weighted by molar-refractivity contribution is 5.83. The van der Waals surface area contributed by atoms with Crippen molar-refractivity contribution >= 4 is 17.9 Å². The van der Waals surface area contributed by atoms with Crippen LogP contribution in [-0.2, 0) is 35.7 Å². The van der Waals surface area contributed by atoms with Gasteiger partial charge in [0, 0.05) is 11.1 Å². The summed E-state index contributed by atoms with van der Waals surface area (Å²) in [7, 11) is 1.57. The minimum atomic E-state index is -1.40. The first kappa shape index (κ1) is 25.4. The third-order valence-electron chi connectivity index (χ3n) is 8.80. The van der Waals surface area contributed by atoms with Crippen molar-refractivity contribution in [2.45, 2.75) is 68.2 Å². The zero-order chi connectivity index (χ0) is 27.4. The number of carboxylic acid groups (broad SMARTS) is 1. The van der Waals surface area contributed by atoms with E-state index in [4.69, 9.17) is 24.1 Å². The molecule has 2 aromatic rings. The summed E-state index contributed by atoms with van der Waals surface area (Å²) in [6.07, 6.45) is 2.27. The summed E-state index contributed by atoms with van der Waals surface area (Å²) in [5.41, 5.74) is 0.597. The molecule has 39 heavy (non-hydrogen) atoms. The van der Waals surface area contributed by atoms with Crippen molar-refractivity contribution in [2.24, 2.45) is 5.92 Å². The Morgan fingerprint density at radius 1 is 1.13 bits per heavy atom. The van der Waals surface area contributed by atoms with Gasteiger partial charge in [-0.3, -0.25) is 9.59 Å². The van der Waals surface area contributed by atoms with Crippen molar-refractivity contribution in [3.05, 3.63) is 71.0 Å². The Balaban J connectivity index is 1.34. The van der Waals surface area contributed by atoms with E-state index in [9.17, 15) is 19.5 Å². The first-order chi connectivity index (χ1) is 18.8. The molecule has 0 radical (unpaired) electrons. The van der Waals surface area contributed by atoms with Crippen LogP contribution in [-0.4, -0.2) is 46.9 Å². The van der Waals surface area contributed by atoms with Crippen LogP contribution in [0.25, 0.3) is 0 Å². The number of rotatable bonds is 8. The molecule has 1 aliphatic heterocycles. The maximum atomic E-state index is 13.6. The van der Waals surface area contributed by atoms with Crippen molar-refractivity contribution in [1.29, 1.82) is 0 Å². The molecule has 5 atom stereocenters. The van der Waals surface area contributed by atoms with E-state index in [-0.39, 0.29) is 18.1 Å². The molecule has 6 rings (SSSR count). The first-order valence-electron chi connectivity index (χ1n) is 13.3. The summed E-state index contributed by atoms with van der Waals surface area (Å²) in [6, 6.07) is 12.3. The number of carbonyl (C=O) groups excluding carboxylic acids is 2. The molecule has 2 aromatic carbocycles. The van der Waals surface area contributed by atoms with Crippen LogP contribution in [0, 0.1) is 5.92 Å². The number of benzene rings is 2. The topological polar surface area (TPSA) is 129 Å². The number of aliphatic carboxylic acids is 1. The van der Waals surface area contributed by atoms with Gasteiger partial charge >= 0.3 is 17.9 Å². The van der Waals surface area contributed by atoms with Gasteiger partial charge < -0.3 is 29.2 Å². The maximum absolute atomic E-state index is 13.6. The number of ether oxygens (including phenoxy) is 4. The smallest absolute Gasteiger partial charge is 0.357 e. The third-order valence-corrected chi connectivity index (χ3v) is 8.80. The summed E-state index contributed by atoms with van der Waals surface area (Å²) in [5, 5.41) is 21.1. The van der Waals surface area contributed by atoms with E-state index in [1.165, 1.54) is 0 Å². The molecule has 2 bridgehead atoms. The van der Waals surface area contributed by atoms with Crippen LogP contribution in [0.2, 0.25) is 0 Å². The molecule has 1 heterocycles. The Labute approximate surface area is 225 Å². The lowest BCUT2D eigenvalue weighted by Gasteiger charge is -2.59. The number of methoxy groups -OCH3 is 1. The van der Waals surface area contributed by atoms with Gasteiger partial charge in [0.15, 0.2) is 17.6 Å². The number of hydrogen-bond acceptors (Lipinski definition) is 8. The summed E-state index contributed by atoms with van der Waals surface area (Å²) in [5.74, 6) is -1.35. The number of aliphatic hydroxyl groups is 1. The van der Waals surface area contributed by atoms with Crippen LogP contribution in [0.5, 0.6) is 11.5 Å². The minimum absolute atomic E-state index is 0.0463. The van der Waals surface area contributed by atoms with Gasteiger partial charge in [-0.2, -0.15) is 0 Å². The van der Waals surface area contributed by atoms with E-state index in [2.05, 4.69) is 0 Å². The summed E-state index contributed by atoms with van der Waals surface area (Å²) in [4.78, 5) is 36.9. The Kier molecular flexibility index (Phi) is 6.14.